The Labute approximate surface area is 112 Å². The van der Waals surface area contributed by atoms with Gasteiger partial charge in [-0.2, -0.15) is 0 Å². The van der Waals surface area contributed by atoms with Gasteiger partial charge in [0.25, 0.3) is 5.91 Å². The lowest BCUT2D eigenvalue weighted by molar-refractivity contribution is 0.0724. The lowest BCUT2D eigenvalue weighted by Crippen LogP contribution is -2.37. The number of nitrogens with one attached hydrogen (secondary N) is 1. The van der Waals surface area contributed by atoms with Crippen molar-refractivity contribution < 1.29 is 4.79 Å². The molecule has 1 aliphatic rings. The van der Waals surface area contributed by atoms with Crippen molar-refractivity contribution in [2.24, 2.45) is 0 Å². The number of amides is 1. The van der Waals surface area contributed by atoms with Crippen molar-refractivity contribution in [3.05, 3.63) is 15.6 Å². The predicted molar refractivity (Wildman–Crippen MR) is 74.2 cm³/mol. The van der Waals surface area contributed by atoms with Crippen molar-refractivity contribution in [3.8, 4) is 0 Å². The van der Waals surface area contributed by atoms with E-state index in [0.717, 1.165) is 47.9 Å². The van der Waals surface area contributed by atoms with Crippen LogP contribution in [0.5, 0.6) is 0 Å². The summed E-state index contributed by atoms with van der Waals surface area (Å²) in [5, 5.41) is 4.34. The molecule has 5 heteroatoms. The number of carbonyl (C=O) groups is 1. The molecule has 1 atom stereocenters. The summed E-state index contributed by atoms with van der Waals surface area (Å²) in [5.74, 6) is 0.130. The van der Waals surface area contributed by atoms with Gasteiger partial charge in [-0.15, -0.1) is 11.3 Å². The van der Waals surface area contributed by atoms with Crippen molar-refractivity contribution in [1.82, 2.24) is 15.2 Å². The normalized spacial score (nSPS) is 20.5. The molecule has 0 spiro atoms. The zero-order valence-electron chi connectivity index (χ0n) is 11.3. The third-order valence-electron chi connectivity index (χ3n) is 3.51. The van der Waals surface area contributed by atoms with Gasteiger partial charge in [0.05, 0.1) is 10.7 Å². The molecule has 0 aliphatic carbocycles. The van der Waals surface area contributed by atoms with Crippen LogP contribution in [0.4, 0.5) is 0 Å². The lowest BCUT2D eigenvalue weighted by atomic mass is 10.1. The molecular formula is C13H21N3OS. The van der Waals surface area contributed by atoms with Crippen LogP contribution in [0.15, 0.2) is 0 Å². The first kappa shape index (κ1) is 13.5. The van der Waals surface area contributed by atoms with E-state index in [1.807, 2.05) is 25.8 Å². The molecule has 0 bridgehead atoms. The van der Waals surface area contributed by atoms with E-state index in [1.165, 1.54) is 11.3 Å². The highest BCUT2D eigenvalue weighted by Gasteiger charge is 2.24. The average Bonchev–Trinajstić information content (AvgIpc) is 2.59. The van der Waals surface area contributed by atoms with Crippen LogP contribution in [0.2, 0.25) is 0 Å². The largest absolute Gasteiger partial charge is 0.338 e. The number of hydrogen-bond acceptors (Lipinski definition) is 4. The summed E-state index contributed by atoms with van der Waals surface area (Å²) in [7, 11) is 1.92. The Bertz CT molecular complexity index is 422. The zero-order chi connectivity index (χ0) is 13.1. The molecule has 0 aromatic carbocycles. The molecule has 1 aromatic rings. The Morgan fingerprint density at radius 2 is 2.17 bits per heavy atom. The molecule has 1 unspecified atom stereocenters. The summed E-state index contributed by atoms with van der Waals surface area (Å²) in [6.45, 7) is 5.93. The molecule has 4 nitrogen and oxygen atoms in total. The average molecular weight is 267 g/mol. The lowest BCUT2D eigenvalue weighted by Gasteiger charge is -2.26. The van der Waals surface area contributed by atoms with Gasteiger partial charge < -0.3 is 10.2 Å². The van der Waals surface area contributed by atoms with Crippen LogP contribution in [0.3, 0.4) is 0 Å². The number of rotatable bonds is 2. The number of hydrogen-bond donors (Lipinski definition) is 1. The number of thiazole rings is 1. The Morgan fingerprint density at radius 3 is 2.83 bits per heavy atom. The fourth-order valence-corrected chi connectivity index (χ4v) is 3.35. The maximum absolute atomic E-state index is 12.5. The maximum Gasteiger partial charge on any atom is 0.265 e. The van der Waals surface area contributed by atoms with Crippen LogP contribution < -0.4 is 5.32 Å². The van der Waals surface area contributed by atoms with Crippen LogP contribution >= 0.6 is 11.3 Å². The van der Waals surface area contributed by atoms with Gasteiger partial charge in [-0.05, 0) is 46.2 Å². The minimum Gasteiger partial charge on any atom is -0.338 e. The van der Waals surface area contributed by atoms with E-state index in [4.69, 9.17) is 0 Å². The monoisotopic (exact) mass is 267 g/mol. The fraction of sp³-hybridized carbons (Fsp3) is 0.692. The van der Waals surface area contributed by atoms with Gasteiger partial charge in [0.2, 0.25) is 0 Å². The van der Waals surface area contributed by atoms with Crippen molar-refractivity contribution in [3.63, 3.8) is 0 Å². The smallest absolute Gasteiger partial charge is 0.265 e. The minimum absolute atomic E-state index is 0.130. The van der Waals surface area contributed by atoms with E-state index in [2.05, 4.69) is 10.3 Å². The highest BCUT2D eigenvalue weighted by molar-refractivity contribution is 7.13. The van der Waals surface area contributed by atoms with Crippen LogP contribution in [0.25, 0.3) is 0 Å². The van der Waals surface area contributed by atoms with Crippen LogP contribution in [0.1, 0.15) is 39.6 Å². The second-order valence-corrected chi connectivity index (χ2v) is 6.10. The first-order valence-electron chi connectivity index (χ1n) is 6.51. The molecule has 0 saturated carbocycles. The number of aryl methyl sites for hydroxylation is 2. The summed E-state index contributed by atoms with van der Waals surface area (Å²) in [5.41, 5.74) is 0.862. The third-order valence-corrected chi connectivity index (χ3v) is 4.57. The summed E-state index contributed by atoms with van der Waals surface area (Å²) >= 11 is 1.50. The van der Waals surface area contributed by atoms with Crippen molar-refractivity contribution in [1.29, 1.82) is 0 Å². The first-order valence-corrected chi connectivity index (χ1v) is 7.33. The van der Waals surface area contributed by atoms with E-state index < -0.39 is 0 Å². The minimum atomic E-state index is 0.130. The molecule has 1 fully saturated rings. The third kappa shape index (κ3) is 2.90. The van der Waals surface area contributed by atoms with Crippen LogP contribution in [-0.2, 0) is 0 Å². The Balaban J connectivity index is 2.10. The SMILES string of the molecule is Cc1nc(C)c(C(=O)N(C)C2CCCNCC2)s1. The van der Waals surface area contributed by atoms with Gasteiger partial charge in [0.15, 0.2) is 0 Å². The van der Waals surface area contributed by atoms with E-state index in [9.17, 15) is 4.79 Å². The summed E-state index contributed by atoms with van der Waals surface area (Å²) in [6.07, 6.45) is 3.27. The summed E-state index contributed by atoms with van der Waals surface area (Å²) in [6, 6.07) is 0.356. The number of carbonyl (C=O) groups excluding carboxylic acids is 1. The number of nitrogens with zero attached hydrogens (tertiary/aromatic N) is 2. The van der Waals surface area contributed by atoms with E-state index in [1.54, 1.807) is 0 Å². The Morgan fingerprint density at radius 1 is 1.39 bits per heavy atom. The second-order valence-electron chi connectivity index (χ2n) is 4.90. The molecule has 18 heavy (non-hydrogen) atoms. The molecule has 2 heterocycles. The van der Waals surface area contributed by atoms with Gasteiger partial charge in [0, 0.05) is 13.1 Å². The van der Waals surface area contributed by atoms with Crippen molar-refractivity contribution in [2.45, 2.75) is 39.2 Å². The molecule has 1 amide bonds. The quantitative estimate of drug-likeness (QED) is 0.891. The van der Waals surface area contributed by atoms with Crippen molar-refractivity contribution in [2.75, 3.05) is 20.1 Å². The highest BCUT2D eigenvalue weighted by atomic mass is 32.1. The van der Waals surface area contributed by atoms with E-state index >= 15 is 0 Å². The molecule has 1 N–H and O–H groups in total. The van der Waals surface area contributed by atoms with Crippen LogP contribution in [0, 0.1) is 13.8 Å². The summed E-state index contributed by atoms with van der Waals surface area (Å²) < 4.78 is 0. The molecule has 1 aliphatic heterocycles. The topological polar surface area (TPSA) is 45.2 Å². The maximum atomic E-state index is 12.5. The van der Waals surface area contributed by atoms with Gasteiger partial charge in [0.1, 0.15) is 4.88 Å². The van der Waals surface area contributed by atoms with E-state index in [0.29, 0.717) is 6.04 Å². The van der Waals surface area contributed by atoms with E-state index in [-0.39, 0.29) is 5.91 Å². The molecule has 0 radical (unpaired) electrons. The Kier molecular flexibility index (Phi) is 4.35. The van der Waals surface area contributed by atoms with Crippen molar-refractivity contribution >= 4 is 17.2 Å². The van der Waals surface area contributed by atoms with Gasteiger partial charge in [-0.1, -0.05) is 0 Å². The second kappa shape index (κ2) is 5.80. The van der Waals surface area contributed by atoms with Crippen LogP contribution in [-0.4, -0.2) is 42.0 Å². The zero-order valence-corrected chi connectivity index (χ0v) is 12.1. The Hall–Kier alpha value is -0.940. The van der Waals surface area contributed by atoms with Gasteiger partial charge in [-0.25, -0.2) is 4.98 Å². The fourth-order valence-electron chi connectivity index (χ4n) is 2.44. The molecule has 2 rings (SSSR count). The summed E-state index contributed by atoms with van der Waals surface area (Å²) in [4.78, 5) is 19.5. The molecule has 1 saturated heterocycles. The van der Waals surface area contributed by atoms with Gasteiger partial charge >= 0.3 is 0 Å². The highest BCUT2D eigenvalue weighted by Crippen LogP contribution is 2.21. The molecular weight excluding hydrogens is 246 g/mol. The molecule has 100 valence electrons. The molecule has 1 aromatic heterocycles. The number of aromatic nitrogens is 1. The predicted octanol–water partition coefficient (Wildman–Crippen LogP) is 1.97. The first-order chi connectivity index (χ1) is 8.59. The standard InChI is InChI=1S/C13H21N3OS/c1-9-12(18-10(2)15-9)13(17)16(3)11-5-4-7-14-8-6-11/h11,14H,4-8H2,1-3H3. The van der Waals surface area contributed by atoms with Gasteiger partial charge in [-0.3, -0.25) is 4.79 Å².